The number of nitrogens with one attached hydrogen (secondary N) is 1. The van der Waals surface area contributed by atoms with E-state index in [0.717, 1.165) is 11.3 Å². The van der Waals surface area contributed by atoms with Crippen LogP contribution in [0, 0.1) is 0 Å². The van der Waals surface area contributed by atoms with Gasteiger partial charge in [-0.3, -0.25) is 0 Å². The second-order valence-corrected chi connectivity index (χ2v) is 8.75. The fraction of sp³-hybridized carbons (Fsp3) is 0.667. The van der Waals surface area contributed by atoms with Crippen LogP contribution in [0.25, 0.3) is 0 Å². The normalized spacial score (nSPS) is 23.9. The molecule has 2 heterocycles. The van der Waals surface area contributed by atoms with Crippen molar-refractivity contribution in [3.05, 3.63) is 0 Å². The number of sulfonamides is 1. The fourth-order valence-electron chi connectivity index (χ4n) is 1.49. The Balaban J connectivity index is 2.14. The minimum Gasteiger partial charge on any atom is -0.374 e. The van der Waals surface area contributed by atoms with Gasteiger partial charge in [-0.25, -0.2) is 21.6 Å². The third-order valence-corrected chi connectivity index (χ3v) is 6.61. The number of hydrogen-bond donors (Lipinski definition) is 2. The molecule has 1 aliphatic heterocycles. The summed E-state index contributed by atoms with van der Waals surface area (Å²) in [5, 5.41) is 6.85. The van der Waals surface area contributed by atoms with E-state index in [1.165, 1.54) is 0 Å². The largest absolute Gasteiger partial charge is 0.374 e. The van der Waals surface area contributed by atoms with Gasteiger partial charge in [-0.2, -0.15) is 0 Å². The van der Waals surface area contributed by atoms with Crippen molar-refractivity contribution >= 4 is 36.3 Å². The predicted molar refractivity (Wildman–Crippen MR) is 61.7 cm³/mol. The van der Waals surface area contributed by atoms with E-state index in [4.69, 9.17) is 5.73 Å². The molecule has 0 aliphatic carbocycles. The number of nitrogen functional groups attached to an aromatic ring is 1. The molecule has 96 valence electrons. The van der Waals surface area contributed by atoms with Crippen LogP contribution in [-0.2, 0) is 19.9 Å². The topological polar surface area (TPSA) is 132 Å². The molecule has 0 spiro atoms. The Morgan fingerprint density at radius 1 is 1.41 bits per heavy atom. The maximum absolute atomic E-state index is 11.8. The van der Waals surface area contributed by atoms with Gasteiger partial charge in [0.1, 0.15) is 0 Å². The van der Waals surface area contributed by atoms with E-state index in [0.29, 0.717) is 0 Å². The fourth-order valence-corrected chi connectivity index (χ4v) is 5.34. The first kappa shape index (κ1) is 12.7. The van der Waals surface area contributed by atoms with E-state index in [-0.39, 0.29) is 27.4 Å². The second kappa shape index (κ2) is 4.15. The van der Waals surface area contributed by atoms with Crippen LogP contribution >= 0.6 is 11.3 Å². The van der Waals surface area contributed by atoms with Gasteiger partial charge in [-0.1, -0.05) is 11.3 Å². The first-order valence-electron chi connectivity index (χ1n) is 4.60. The zero-order chi connectivity index (χ0) is 12.7. The van der Waals surface area contributed by atoms with Gasteiger partial charge in [-0.05, 0) is 6.42 Å². The minimum absolute atomic E-state index is 0.00154. The second-order valence-electron chi connectivity index (χ2n) is 3.63. The zero-order valence-electron chi connectivity index (χ0n) is 8.53. The van der Waals surface area contributed by atoms with Crippen molar-refractivity contribution in [1.82, 2.24) is 14.9 Å². The Labute approximate surface area is 102 Å². The molecule has 0 radical (unpaired) electrons. The highest BCUT2D eigenvalue weighted by Crippen LogP contribution is 2.19. The molecule has 1 fully saturated rings. The van der Waals surface area contributed by atoms with E-state index in [1.807, 2.05) is 0 Å². The number of aromatic nitrogens is 2. The maximum Gasteiger partial charge on any atom is 0.270 e. The minimum atomic E-state index is -3.82. The smallest absolute Gasteiger partial charge is 0.270 e. The van der Waals surface area contributed by atoms with Crippen molar-refractivity contribution in [2.24, 2.45) is 0 Å². The molecule has 1 aromatic heterocycles. The lowest BCUT2D eigenvalue weighted by atomic mass is 10.3. The molecule has 1 aliphatic rings. The third-order valence-electron chi connectivity index (χ3n) is 2.21. The Morgan fingerprint density at radius 2 is 2.12 bits per heavy atom. The number of nitrogens with zero attached hydrogens (tertiary/aromatic N) is 2. The highest BCUT2D eigenvalue weighted by atomic mass is 32.2. The lowest BCUT2D eigenvalue weighted by Gasteiger charge is -2.08. The van der Waals surface area contributed by atoms with Crippen LogP contribution in [0.3, 0.4) is 0 Å². The van der Waals surface area contributed by atoms with Crippen LogP contribution in [-0.4, -0.2) is 44.6 Å². The van der Waals surface area contributed by atoms with Crippen LogP contribution in [0.4, 0.5) is 5.13 Å². The van der Waals surface area contributed by atoms with Gasteiger partial charge in [0.25, 0.3) is 10.0 Å². The number of nitrogens with two attached hydrogens (primary N) is 1. The van der Waals surface area contributed by atoms with Gasteiger partial charge in [0.15, 0.2) is 9.84 Å². The summed E-state index contributed by atoms with van der Waals surface area (Å²) < 4.78 is 47.9. The van der Waals surface area contributed by atoms with E-state index < -0.39 is 25.9 Å². The molecule has 1 unspecified atom stereocenters. The monoisotopic (exact) mass is 298 g/mol. The summed E-state index contributed by atoms with van der Waals surface area (Å²) in [7, 11) is -6.95. The summed E-state index contributed by atoms with van der Waals surface area (Å²) in [6.07, 6.45) is 0.274. The molecule has 1 saturated heterocycles. The quantitative estimate of drug-likeness (QED) is 0.700. The van der Waals surface area contributed by atoms with Crippen LogP contribution < -0.4 is 10.5 Å². The third kappa shape index (κ3) is 2.91. The van der Waals surface area contributed by atoms with Gasteiger partial charge in [0, 0.05) is 6.04 Å². The average molecular weight is 298 g/mol. The van der Waals surface area contributed by atoms with Gasteiger partial charge in [-0.15, -0.1) is 10.2 Å². The summed E-state index contributed by atoms with van der Waals surface area (Å²) in [6.45, 7) is 0. The molecular formula is C6H10N4O4S3. The Bertz CT molecular complexity index is 619. The molecule has 0 amide bonds. The zero-order valence-corrected chi connectivity index (χ0v) is 11.0. The van der Waals surface area contributed by atoms with Crippen LogP contribution in [0.5, 0.6) is 0 Å². The lowest BCUT2D eigenvalue weighted by Crippen LogP contribution is -2.35. The van der Waals surface area contributed by atoms with Crippen LogP contribution in [0.2, 0.25) is 0 Å². The average Bonchev–Trinajstić information content (AvgIpc) is 2.72. The predicted octanol–water partition coefficient (Wildman–Crippen LogP) is -1.41. The van der Waals surface area contributed by atoms with Gasteiger partial charge in [0.2, 0.25) is 9.47 Å². The number of anilines is 1. The first-order valence-corrected chi connectivity index (χ1v) is 8.72. The molecule has 0 aromatic carbocycles. The Morgan fingerprint density at radius 3 is 2.59 bits per heavy atom. The van der Waals surface area contributed by atoms with E-state index >= 15 is 0 Å². The number of rotatable bonds is 3. The van der Waals surface area contributed by atoms with Crippen molar-refractivity contribution in [2.75, 3.05) is 17.2 Å². The molecule has 8 nitrogen and oxygen atoms in total. The van der Waals surface area contributed by atoms with Crippen molar-refractivity contribution in [3.8, 4) is 0 Å². The van der Waals surface area contributed by atoms with Crippen molar-refractivity contribution in [1.29, 1.82) is 0 Å². The van der Waals surface area contributed by atoms with Crippen LogP contribution in [0.15, 0.2) is 4.34 Å². The summed E-state index contributed by atoms with van der Waals surface area (Å²) in [4.78, 5) is 0. The molecule has 0 saturated carbocycles. The van der Waals surface area contributed by atoms with E-state index in [1.54, 1.807) is 0 Å². The van der Waals surface area contributed by atoms with Gasteiger partial charge < -0.3 is 5.73 Å². The molecule has 3 N–H and O–H groups in total. The van der Waals surface area contributed by atoms with E-state index in [9.17, 15) is 16.8 Å². The van der Waals surface area contributed by atoms with E-state index in [2.05, 4.69) is 14.9 Å². The summed E-state index contributed by atoms with van der Waals surface area (Å²) >= 11 is 0.734. The highest BCUT2D eigenvalue weighted by molar-refractivity contribution is 7.92. The highest BCUT2D eigenvalue weighted by Gasteiger charge is 2.32. The molecular weight excluding hydrogens is 288 g/mol. The molecule has 17 heavy (non-hydrogen) atoms. The molecule has 1 aromatic rings. The molecule has 11 heteroatoms. The summed E-state index contributed by atoms with van der Waals surface area (Å²) in [5.74, 6) is -0.182. The summed E-state index contributed by atoms with van der Waals surface area (Å²) in [5.41, 5.74) is 5.28. The molecule has 0 bridgehead atoms. The van der Waals surface area contributed by atoms with Gasteiger partial charge in [0.05, 0.1) is 11.5 Å². The lowest BCUT2D eigenvalue weighted by molar-refractivity contribution is 0.560. The standard InChI is InChI=1S/C6H10N4O4S3/c7-5-8-9-6(15-5)17(13,14)10-4-1-2-16(11,12)3-4/h4,10H,1-3H2,(H2,7,8). The Kier molecular flexibility index (Phi) is 3.10. The van der Waals surface area contributed by atoms with Gasteiger partial charge >= 0.3 is 0 Å². The van der Waals surface area contributed by atoms with Crippen molar-refractivity contribution in [3.63, 3.8) is 0 Å². The number of sulfone groups is 1. The number of hydrogen-bond acceptors (Lipinski definition) is 8. The molecule has 1 atom stereocenters. The SMILES string of the molecule is Nc1nnc(S(=O)(=O)NC2CCS(=O)(=O)C2)s1. The molecule has 2 rings (SSSR count). The Hall–Kier alpha value is -0.780. The maximum atomic E-state index is 11.8. The van der Waals surface area contributed by atoms with Crippen molar-refractivity contribution in [2.45, 2.75) is 16.8 Å². The van der Waals surface area contributed by atoms with Crippen LogP contribution in [0.1, 0.15) is 6.42 Å². The van der Waals surface area contributed by atoms with Crippen molar-refractivity contribution < 1.29 is 16.8 Å². The summed E-state index contributed by atoms with van der Waals surface area (Å²) in [6, 6.07) is -0.602. The first-order chi connectivity index (χ1) is 7.78.